The van der Waals surface area contributed by atoms with Gasteiger partial charge in [0.1, 0.15) is 5.75 Å². The molecule has 0 bridgehead atoms. The summed E-state index contributed by atoms with van der Waals surface area (Å²) in [4.78, 5) is 27.3. The Hall–Kier alpha value is -2.43. The fourth-order valence-corrected chi connectivity index (χ4v) is 4.90. The average molecular weight is 432 g/mol. The summed E-state index contributed by atoms with van der Waals surface area (Å²) < 4.78 is 52.1. The van der Waals surface area contributed by atoms with Crippen molar-refractivity contribution in [3.63, 3.8) is 0 Å². The summed E-state index contributed by atoms with van der Waals surface area (Å²) >= 11 is 0. The first kappa shape index (κ1) is 21.3. The van der Waals surface area contributed by atoms with E-state index in [9.17, 15) is 31.9 Å². The predicted octanol–water partition coefficient (Wildman–Crippen LogP) is 1.63. The lowest BCUT2D eigenvalue weighted by molar-refractivity contribution is -0.143. The summed E-state index contributed by atoms with van der Waals surface area (Å²) in [6.45, 7) is -2.46. The number of carbonyl (C=O) groups excluding carboxylic acids is 1. The molecule has 2 aliphatic heterocycles. The first-order valence-electron chi connectivity index (χ1n) is 9.16. The van der Waals surface area contributed by atoms with Crippen LogP contribution in [0.3, 0.4) is 0 Å². The Kier molecular flexibility index (Phi) is 6.25. The number of urea groups is 1. The first-order valence-corrected chi connectivity index (χ1v) is 11.0. The lowest BCUT2D eigenvalue weighted by Gasteiger charge is -2.40. The van der Waals surface area contributed by atoms with Crippen LogP contribution < -0.4 is 4.74 Å². The van der Waals surface area contributed by atoms with E-state index in [1.54, 1.807) is 12.1 Å². The number of sulfone groups is 1. The number of amides is 2. The lowest BCUT2D eigenvalue weighted by atomic mass is 9.84. The van der Waals surface area contributed by atoms with Crippen LogP contribution in [0.5, 0.6) is 5.75 Å². The van der Waals surface area contributed by atoms with E-state index in [2.05, 4.69) is 4.74 Å². The molecular weight excluding hydrogens is 410 g/mol. The Morgan fingerprint density at radius 2 is 1.69 bits per heavy atom. The molecule has 11 heteroatoms. The Bertz CT molecular complexity index is 848. The summed E-state index contributed by atoms with van der Waals surface area (Å²) in [7, 11) is -3.14. The SMILES string of the molecule is O=C(O)C1CC(c2ccc(OC(F)F)cc2)CN(C(=O)N2CCS(=O)(=O)CC2)C1. The van der Waals surface area contributed by atoms with E-state index in [1.165, 1.54) is 21.9 Å². The highest BCUT2D eigenvalue weighted by molar-refractivity contribution is 7.91. The number of hydrogen-bond donors (Lipinski definition) is 1. The number of halogens is 2. The summed E-state index contributed by atoms with van der Waals surface area (Å²) in [6, 6.07) is 5.56. The molecule has 3 rings (SSSR count). The molecule has 0 aromatic heterocycles. The number of piperidine rings is 1. The van der Waals surface area contributed by atoms with E-state index in [0.29, 0.717) is 6.42 Å². The minimum Gasteiger partial charge on any atom is -0.481 e. The van der Waals surface area contributed by atoms with E-state index < -0.39 is 28.3 Å². The molecule has 160 valence electrons. The van der Waals surface area contributed by atoms with Gasteiger partial charge in [-0.1, -0.05) is 12.1 Å². The second-order valence-corrected chi connectivity index (χ2v) is 9.55. The molecule has 2 aliphatic rings. The summed E-state index contributed by atoms with van der Waals surface area (Å²) in [6.07, 6.45) is 0.308. The molecule has 1 aromatic rings. The van der Waals surface area contributed by atoms with Crippen LogP contribution in [0, 0.1) is 5.92 Å². The van der Waals surface area contributed by atoms with Crippen LogP contribution in [0.4, 0.5) is 13.6 Å². The maximum absolute atomic E-state index is 12.8. The van der Waals surface area contributed by atoms with Crippen LogP contribution in [0.2, 0.25) is 0 Å². The zero-order valence-corrected chi connectivity index (χ0v) is 16.4. The maximum atomic E-state index is 12.8. The van der Waals surface area contributed by atoms with E-state index in [-0.39, 0.29) is 55.4 Å². The largest absolute Gasteiger partial charge is 0.481 e. The van der Waals surface area contributed by atoms with Crippen molar-refractivity contribution in [2.75, 3.05) is 37.7 Å². The van der Waals surface area contributed by atoms with Gasteiger partial charge < -0.3 is 19.6 Å². The molecule has 8 nitrogen and oxygen atoms in total. The Morgan fingerprint density at radius 1 is 1.07 bits per heavy atom. The number of benzene rings is 1. The van der Waals surface area contributed by atoms with Crippen molar-refractivity contribution >= 4 is 21.8 Å². The van der Waals surface area contributed by atoms with Crippen molar-refractivity contribution < 1.29 is 36.6 Å². The molecule has 0 saturated carbocycles. The van der Waals surface area contributed by atoms with E-state index >= 15 is 0 Å². The van der Waals surface area contributed by atoms with Crippen molar-refractivity contribution in [1.82, 2.24) is 9.80 Å². The number of carboxylic acid groups (broad SMARTS) is 1. The molecule has 29 heavy (non-hydrogen) atoms. The van der Waals surface area contributed by atoms with Gasteiger partial charge in [-0.15, -0.1) is 0 Å². The van der Waals surface area contributed by atoms with Gasteiger partial charge in [0.2, 0.25) is 0 Å². The van der Waals surface area contributed by atoms with Gasteiger partial charge in [-0.05, 0) is 24.1 Å². The molecule has 2 fully saturated rings. The van der Waals surface area contributed by atoms with Crippen molar-refractivity contribution in [3.8, 4) is 5.75 Å². The van der Waals surface area contributed by atoms with Crippen molar-refractivity contribution in [2.45, 2.75) is 19.0 Å². The van der Waals surface area contributed by atoms with Crippen LogP contribution >= 0.6 is 0 Å². The number of nitrogens with zero attached hydrogens (tertiary/aromatic N) is 2. The normalized spacial score (nSPS) is 24.4. The number of ether oxygens (including phenoxy) is 1. The number of carboxylic acids is 1. The zero-order chi connectivity index (χ0) is 21.2. The van der Waals surface area contributed by atoms with E-state index in [4.69, 9.17) is 0 Å². The third-order valence-corrected chi connectivity index (χ3v) is 6.87. The summed E-state index contributed by atoms with van der Waals surface area (Å²) in [5.74, 6) is -2.30. The van der Waals surface area contributed by atoms with Crippen LogP contribution in [0.1, 0.15) is 17.9 Å². The van der Waals surface area contributed by atoms with Gasteiger partial charge in [0.15, 0.2) is 9.84 Å². The van der Waals surface area contributed by atoms with E-state index in [0.717, 1.165) is 5.56 Å². The highest BCUT2D eigenvalue weighted by Crippen LogP contribution is 2.32. The predicted molar refractivity (Wildman–Crippen MR) is 98.8 cm³/mol. The first-order chi connectivity index (χ1) is 13.6. The van der Waals surface area contributed by atoms with Gasteiger partial charge in [-0.3, -0.25) is 4.79 Å². The Labute approximate surface area is 167 Å². The molecule has 2 saturated heterocycles. The summed E-state index contributed by atoms with van der Waals surface area (Å²) in [5, 5.41) is 9.49. The molecule has 1 N–H and O–H groups in total. The second kappa shape index (κ2) is 8.52. The number of carbonyl (C=O) groups is 2. The average Bonchev–Trinajstić information content (AvgIpc) is 2.67. The maximum Gasteiger partial charge on any atom is 0.387 e. The van der Waals surface area contributed by atoms with Crippen LogP contribution in [0.15, 0.2) is 24.3 Å². The van der Waals surface area contributed by atoms with Crippen LogP contribution in [0.25, 0.3) is 0 Å². The molecule has 2 unspecified atom stereocenters. The fourth-order valence-electron chi connectivity index (χ4n) is 3.70. The molecule has 2 atom stereocenters. The van der Waals surface area contributed by atoms with Crippen LogP contribution in [-0.2, 0) is 14.6 Å². The number of aliphatic carboxylic acids is 1. The molecule has 0 radical (unpaired) electrons. The van der Waals surface area contributed by atoms with E-state index in [1.807, 2.05) is 0 Å². The van der Waals surface area contributed by atoms with Crippen LogP contribution in [-0.4, -0.2) is 79.6 Å². The molecule has 2 heterocycles. The molecular formula is C18H22F2N2O6S. The zero-order valence-electron chi connectivity index (χ0n) is 15.5. The number of alkyl halides is 2. The van der Waals surface area contributed by atoms with Crippen molar-refractivity contribution in [2.24, 2.45) is 5.92 Å². The topological polar surface area (TPSA) is 104 Å². The molecule has 0 aliphatic carbocycles. The highest BCUT2D eigenvalue weighted by atomic mass is 32.2. The number of likely N-dealkylation sites (tertiary alicyclic amines) is 1. The quantitative estimate of drug-likeness (QED) is 0.776. The van der Waals surface area contributed by atoms with Gasteiger partial charge in [-0.2, -0.15) is 8.78 Å². The molecule has 2 amide bonds. The smallest absolute Gasteiger partial charge is 0.387 e. The van der Waals surface area contributed by atoms with Gasteiger partial charge in [0, 0.05) is 32.1 Å². The third kappa shape index (κ3) is 5.34. The minimum absolute atomic E-state index is 0.00296. The van der Waals surface area contributed by atoms with Gasteiger partial charge in [0.25, 0.3) is 0 Å². The summed E-state index contributed by atoms with van der Waals surface area (Å²) in [5.41, 5.74) is 0.719. The van der Waals surface area contributed by atoms with Crippen molar-refractivity contribution in [1.29, 1.82) is 0 Å². The van der Waals surface area contributed by atoms with Gasteiger partial charge in [-0.25, -0.2) is 13.2 Å². The number of hydrogen-bond acceptors (Lipinski definition) is 5. The minimum atomic E-state index is -3.14. The van der Waals surface area contributed by atoms with Crippen molar-refractivity contribution in [3.05, 3.63) is 29.8 Å². The third-order valence-electron chi connectivity index (χ3n) is 5.26. The second-order valence-electron chi connectivity index (χ2n) is 7.24. The highest BCUT2D eigenvalue weighted by Gasteiger charge is 2.37. The molecule has 1 aromatic carbocycles. The molecule has 0 spiro atoms. The fraction of sp³-hybridized carbons (Fsp3) is 0.556. The van der Waals surface area contributed by atoms with Gasteiger partial charge in [0.05, 0.1) is 17.4 Å². The van der Waals surface area contributed by atoms with Gasteiger partial charge >= 0.3 is 18.6 Å². The standard InChI is InChI=1S/C18H22F2N2O6S/c19-17(20)28-15-3-1-12(2-4-15)13-9-14(16(23)24)11-22(10-13)18(25)21-5-7-29(26,27)8-6-21/h1-4,13-14,17H,5-11H2,(H,23,24). The monoisotopic (exact) mass is 432 g/mol. The Balaban J connectivity index is 1.73. The lowest BCUT2D eigenvalue weighted by Crippen LogP contribution is -2.54. The number of rotatable bonds is 4. The Morgan fingerprint density at radius 3 is 2.24 bits per heavy atom.